The van der Waals surface area contributed by atoms with Crippen LogP contribution in [-0.2, 0) is 11.2 Å². The van der Waals surface area contributed by atoms with Gasteiger partial charge in [-0.3, -0.25) is 0 Å². The average Bonchev–Trinajstić information content (AvgIpc) is 2.46. The second-order valence-corrected chi connectivity index (χ2v) is 4.58. The van der Waals surface area contributed by atoms with Gasteiger partial charge in [0.1, 0.15) is 0 Å². The molecule has 0 bridgehead atoms. The highest BCUT2D eigenvalue weighted by atomic mass is 16.5. The van der Waals surface area contributed by atoms with E-state index in [2.05, 4.69) is 12.2 Å². The summed E-state index contributed by atoms with van der Waals surface area (Å²) in [5.41, 5.74) is 1.19. The predicted molar refractivity (Wildman–Crippen MR) is 78.6 cm³/mol. The predicted octanol–water partition coefficient (Wildman–Crippen LogP) is 1.23. The van der Waals surface area contributed by atoms with Crippen LogP contribution in [-0.4, -0.2) is 51.7 Å². The molecule has 114 valence electrons. The summed E-state index contributed by atoms with van der Waals surface area (Å²) < 4.78 is 15.7. The van der Waals surface area contributed by atoms with E-state index >= 15 is 0 Å². The normalized spacial score (nSPS) is 12.2. The molecule has 1 atom stereocenters. The van der Waals surface area contributed by atoms with Gasteiger partial charge >= 0.3 is 0 Å². The fraction of sp³-hybridized carbons (Fsp3) is 0.600. The minimum absolute atomic E-state index is 0.0706. The SMILES string of the molecule is COc1ccc(CC(C)NCCOCCO)cc1OC. The molecule has 0 radical (unpaired) electrons. The molecule has 0 amide bonds. The Morgan fingerprint density at radius 1 is 1.15 bits per heavy atom. The van der Waals surface area contributed by atoms with Crippen molar-refractivity contribution in [3.8, 4) is 11.5 Å². The van der Waals surface area contributed by atoms with Crippen LogP contribution in [0.5, 0.6) is 11.5 Å². The summed E-state index contributed by atoms with van der Waals surface area (Å²) in [6.07, 6.45) is 0.903. The van der Waals surface area contributed by atoms with Crippen LogP contribution in [0.25, 0.3) is 0 Å². The number of hydrogen-bond donors (Lipinski definition) is 2. The molecule has 5 heteroatoms. The van der Waals surface area contributed by atoms with E-state index in [1.165, 1.54) is 5.56 Å². The number of hydrogen-bond acceptors (Lipinski definition) is 5. The third-order valence-electron chi connectivity index (χ3n) is 2.96. The van der Waals surface area contributed by atoms with E-state index < -0.39 is 0 Å². The molecular weight excluding hydrogens is 258 g/mol. The van der Waals surface area contributed by atoms with Crippen LogP contribution in [0.4, 0.5) is 0 Å². The van der Waals surface area contributed by atoms with E-state index in [1.54, 1.807) is 14.2 Å². The number of aliphatic hydroxyl groups excluding tert-OH is 1. The van der Waals surface area contributed by atoms with Crippen LogP contribution in [0.2, 0.25) is 0 Å². The van der Waals surface area contributed by atoms with Gasteiger partial charge in [-0.05, 0) is 31.0 Å². The molecule has 0 spiro atoms. The Hall–Kier alpha value is -1.30. The van der Waals surface area contributed by atoms with E-state index in [4.69, 9.17) is 19.3 Å². The van der Waals surface area contributed by atoms with Crippen molar-refractivity contribution in [1.82, 2.24) is 5.32 Å². The lowest BCUT2D eigenvalue weighted by Crippen LogP contribution is -2.31. The van der Waals surface area contributed by atoms with E-state index in [0.29, 0.717) is 19.3 Å². The molecule has 1 aromatic carbocycles. The fourth-order valence-corrected chi connectivity index (χ4v) is 1.98. The molecule has 2 N–H and O–H groups in total. The zero-order chi connectivity index (χ0) is 14.8. The summed E-state index contributed by atoms with van der Waals surface area (Å²) >= 11 is 0. The van der Waals surface area contributed by atoms with Gasteiger partial charge in [-0.2, -0.15) is 0 Å². The van der Waals surface area contributed by atoms with Crippen molar-refractivity contribution in [2.45, 2.75) is 19.4 Å². The zero-order valence-corrected chi connectivity index (χ0v) is 12.5. The van der Waals surface area contributed by atoms with Crippen molar-refractivity contribution in [2.75, 3.05) is 40.6 Å². The summed E-state index contributed by atoms with van der Waals surface area (Å²) in [7, 11) is 3.27. The molecule has 1 rings (SSSR count). The Kier molecular flexibility index (Phi) is 8.02. The van der Waals surface area contributed by atoms with Crippen LogP contribution >= 0.6 is 0 Å². The number of benzene rings is 1. The monoisotopic (exact) mass is 283 g/mol. The van der Waals surface area contributed by atoms with Crippen LogP contribution in [0.15, 0.2) is 18.2 Å². The largest absolute Gasteiger partial charge is 0.493 e. The molecule has 5 nitrogen and oxygen atoms in total. The highest BCUT2D eigenvalue weighted by molar-refractivity contribution is 5.43. The first kappa shape index (κ1) is 16.8. The Labute approximate surface area is 120 Å². The molecule has 1 aromatic rings. The van der Waals surface area contributed by atoms with Crippen molar-refractivity contribution in [3.63, 3.8) is 0 Å². The van der Waals surface area contributed by atoms with Crippen molar-refractivity contribution in [1.29, 1.82) is 0 Å². The van der Waals surface area contributed by atoms with Crippen LogP contribution in [0.1, 0.15) is 12.5 Å². The lowest BCUT2D eigenvalue weighted by Gasteiger charge is -2.15. The number of aliphatic hydroxyl groups is 1. The maximum Gasteiger partial charge on any atom is 0.160 e. The number of nitrogens with one attached hydrogen (secondary N) is 1. The fourth-order valence-electron chi connectivity index (χ4n) is 1.98. The van der Waals surface area contributed by atoms with Crippen molar-refractivity contribution in [2.24, 2.45) is 0 Å². The van der Waals surface area contributed by atoms with E-state index in [0.717, 1.165) is 24.5 Å². The second kappa shape index (κ2) is 9.58. The molecule has 0 aliphatic rings. The number of ether oxygens (including phenoxy) is 3. The quantitative estimate of drug-likeness (QED) is 0.633. The third kappa shape index (κ3) is 5.77. The molecular formula is C15H25NO4. The summed E-state index contributed by atoms with van der Waals surface area (Å²) in [5, 5.41) is 12.0. The van der Waals surface area contributed by atoms with Gasteiger partial charge in [0.2, 0.25) is 0 Å². The minimum atomic E-state index is 0.0706. The summed E-state index contributed by atoms with van der Waals surface area (Å²) in [4.78, 5) is 0. The molecule has 0 saturated heterocycles. The molecule has 20 heavy (non-hydrogen) atoms. The maximum absolute atomic E-state index is 8.59. The van der Waals surface area contributed by atoms with Gasteiger partial charge in [0, 0.05) is 12.6 Å². The molecule has 0 aromatic heterocycles. The van der Waals surface area contributed by atoms with E-state index in [-0.39, 0.29) is 6.61 Å². The van der Waals surface area contributed by atoms with Gasteiger partial charge in [0.05, 0.1) is 34.0 Å². The first-order chi connectivity index (χ1) is 9.71. The molecule has 0 heterocycles. The number of methoxy groups -OCH3 is 2. The minimum Gasteiger partial charge on any atom is -0.493 e. The van der Waals surface area contributed by atoms with Gasteiger partial charge in [-0.15, -0.1) is 0 Å². The molecule has 1 unspecified atom stereocenters. The Bertz CT molecular complexity index is 384. The Morgan fingerprint density at radius 2 is 1.90 bits per heavy atom. The molecule has 0 aliphatic heterocycles. The maximum atomic E-state index is 8.59. The summed E-state index contributed by atoms with van der Waals surface area (Å²) in [6.45, 7) is 3.97. The first-order valence-corrected chi connectivity index (χ1v) is 6.84. The van der Waals surface area contributed by atoms with Crippen molar-refractivity contribution < 1.29 is 19.3 Å². The van der Waals surface area contributed by atoms with Crippen molar-refractivity contribution >= 4 is 0 Å². The second-order valence-electron chi connectivity index (χ2n) is 4.58. The third-order valence-corrected chi connectivity index (χ3v) is 2.96. The van der Waals surface area contributed by atoms with Crippen molar-refractivity contribution in [3.05, 3.63) is 23.8 Å². The van der Waals surface area contributed by atoms with Gasteiger partial charge in [-0.1, -0.05) is 6.07 Å². The molecule has 0 aliphatic carbocycles. The highest BCUT2D eigenvalue weighted by Crippen LogP contribution is 2.27. The summed E-state index contributed by atoms with van der Waals surface area (Å²) in [5.74, 6) is 1.50. The first-order valence-electron chi connectivity index (χ1n) is 6.84. The van der Waals surface area contributed by atoms with Gasteiger partial charge in [0.15, 0.2) is 11.5 Å². The van der Waals surface area contributed by atoms with Gasteiger partial charge in [0.25, 0.3) is 0 Å². The number of rotatable bonds is 10. The standard InChI is InChI=1S/C15H25NO4/c1-12(16-6-8-20-9-7-17)10-13-4-5-14(18-2)15(11-13)19-3/h4-5,11-12,16-17H,6-10H2,1-3H3. The highest BCUT2D eigenvalue weighted by Gasteiger charge is 2.07. The van der Waals surface area contributed by atoms with Crippen LogP contribution < -0.4 is 14.8 Å². The van der Waals surface area contributed by atoms with Gasteiger partial charge in [-0.25, -0.2) is 0 Å². The average molecular weight is 283 g/mol. The Morgan fingerprint density at radius 3 is 2.55 bits per heavy atom. The smallest absolute Gasteiger partial charge is 0.160 e. The van der Waals surface area contributed by atoms with E-state index in [9.17, 15) is 0 Å². The van der Waals surface area contributed by atoms with E-state index in [1.807, 2.05) is 18.2 Å². The van der Waals surface area contributed by atoms with Crippen LogP contribution in [0, 0.1) is 0 Å². The molecule has 0 saturated carbocycles. The topological polar surface area (TPSA) is 60.0 Å². The zero-order valence-electron chi connectivity index (χ0n) is 12.5. The van der Waals surface area contributed by atoms with Crippen LogP contribution in [0.3, 0.4) is 0 Å². The lowest BCUT2D eigenvalue weighted by atomic mass is 10.1. The summed E-state index contributed by atoms with van der Waals surface area (Å²) in [6, 6.07) is 6.30. The molecule has 0 fully saturated rings. The Balaban J connectivity index is 2.39. The lowest BCUT2D eigenvalue weighted by molar-refractivity contribution is 0.0928. The van der Waals surface area contributed by atoms with Gasteiger partial charge < -0.3 is 24.6 Å².